The number of nitrogens with zero attached hydrogens (tertiary/aromatic N) is 1. The summed E-state index contributed by atoms with van der Waals surface area (Å²) in [4.78, 5) is 2.14. The fraction of sp³-hybridized carbons (Fsp3) is 0.625. The highest BCUT2D eigenvalue weighted by Crippen LogP contribution is 2.18. The highest BCUT2D eigenvalue weighted by Gasteiger charge is 2.05. The molecule has 0 bridgehead atoms. The van der Waals surface area contributed by atoms with Gasteiger partial charge in [-0.1, -0.05) is 26.7 Å². The zero-order valence-corrected chi connectivity index (χ0v) is 12.5. The first-order valence-corrected chi connectivity index (χ1v) is 7.38. The van der Waals surface area contributed by atoms with E-state index in [4.69, 9.17) is 0 Å². The minimum Gasteiger partial charge on any atom is -0.375 e. The average molecular weight is 266 g/mol. The van der Waals surface area contributed by atoms with Crippen LogP contribution in [0.5, 0.6) is 0 Å². The molecule has 0 heterocycles. The summed E-state index contributed by atoms with van der Waals surface area (Å²) in [7, 11) is 2.04. The summed E-state index contributed by atoms with van der Waals surface area (Å²) in [6.07, 6.45) is 4.69. The maximum atomic E-state index is 13.6. The fourth-order valence-corrected chi connectivity index (χ4v) is 2.09. The standard InChI is InChI=1S/C16H27FN2/c1-4-6-7-9-19(3)16-11-14(10-15(17)12-16)13-18-8-5-2/h10-12,18H,4-9,13H2,1-3H3. The van der Waals surface area contributed by atoms with Gasteiger partial charge in [-0.2, -0.15) is 0 Å². The zero-order chi connectivity index (χ0) is 14.1. The molecule has 2 nitrogen and oxygen atoms in total. The molecule has 0 amide bonds. The van der Waals surface area contributed by atoms with Crippen LogP contribution in [-0.2, 0) is 6.54 Å². The van der Waals surface area contributed by atoms with Crippen molar-refractivity contribution in [3.05, 3.63) is 29.6 Å². The van der Waals surface area contributed by atoms with Crippen molar-refractivity contribution >= 4 is 5.69 Å². The van der Waals surface area contributed by atoms with Crippen molar-refractivity contribution in [2.45, 2.75) is 46.1 Å². The van der Waals surface area contributed by atoms with Crippen LogP contribution in [0.25, 0.3) is 0 Å². The maximum Gasteiger partial charge on any atom is 0.125 e. The molecule has 0 fully saturated rings. The lowest BCUT2D eigenvalue weighted by Crippen LogP contribution is -2.19. The summed E-state index contributed by atoms with van der Waals surface area (Å²) >= 11 is 0. The van der Waals surface area contributed by atoms with Crippen molar-refractivity contribution in [1.29, 1.82) is 0 Å². The Kier molecular flexibility index (Phi) is 7.49. The monoisotopic (exact) mass is 266 g/mol. The Morgan fingerprint density at radius 3 is 2.58 bits per heavy atom. The van der Waals surface area contributed by atoms with Crippen LogP contribution in [-0.4, -0.2) is 20.1 Å². The molecular weight excluding hydrogens is 239 g/mol. The van der Waals surface area contributed by atoms with E-state index in [1.54, 1.807) is 12.1 Å². The summed E-state index contributed by atoms with van der Waals surface area (Å²) < 4.78 is 13.6. The van der Waals surface area contributed by atoms with Crippen LogP contribution in [0.3, 0.4) is 0 Å². The molecule has 0 radical (unpaired) electrons. The molecule has 0 aliphatic carbocycles. The minimum atomic E-state index is -0.145. The van der Waals surface area contributed by atoms with Gasteiger partial charge in [-0.25, -0.2) is 4.39 Å². The Hall–Kier alpha value is -1.09. The van der Waals surface area contributed by atoms with E-state index in [1.165, 1.54) is 12.8 Å². The topological polar surface area (TPSA) is 15.3 Å². The van der Waals surface area contributed by atoms with Gasteiger partial charge in [-0.3, -0.25) is 0 Å². The molecule has 0 atom stereocenters. The molecule has 3 heteroatoms. The van der Waals surface area contributed by atoms with Gasteiger partial charge in [0.1, 0.15) is 5.82 Å². The summed E-state index contributed by atoms with van der Waals surface area (Å²) in [5, 5.41) is 3.31. The zero-order valence-electron chi connectivity index (χ0n) is 12.5. The minimum absolute atomic E-state index is 0.145. The first-order chi connectivity index (χ1) is 9.17. The van der Waals surface area contributed by atoms with E-state index in [0.29, 0.717) is 0 Å². The molecule has 1 aromatic rings. The second-order valence-electron chi connectivity index (χ2n) is 5.12. The molecule has 0 unspecified atom stereocenters. The Morgan fingerprint density at radius 2 is 1.89 bits per heavy atom. The van der Waals surface area contributed by atoms with Crippen molar-refractivity contribution in [2.24, 2.45) is 0 Å². The normalized spacial score (nSPS) is 10.7. The largest absolute Gasteiger partial charge is 0.375 e. The third kappa shape index (κ3) is 6.06. The van der Waals surface area contributed by atoms with E-state index in [0.717, 1.165) is 43.7 Å². The number of hydrogen-bond donors (Lipinski definition) is 1. The molecule has 19 heavy (non-hydrogen) atoms. The van der Waals surface area contributed by atoms with Gasteiger partial charge in [0.15, 0.2) is 0 Å². The highest BCUT2D eigenvalue weighted by molar-refractivity contribution is 5.48. The smallest absolute Gasteiger partial charge is 0.125 e. The predicted molar refractivity (Wildman–Crippen MR) is 81.2 cm³/mol. The molecule has 1 N–H and O–H groups in total. The van der Waals surface area contributed by atoms with Gasteiger partial charge in [0.2, 0.25) is 0 Å². The number of hydrogen-bond acceptors (Lipinski definition) is 2. The van der Waals surface area contributed by atoms with Crippen molar-refractivity contribution in [2.75, 3.05) is 25.0 Å². The van der Waals surface area contributed by atoms with Gasteiger partial charge in [0, 0.05) is 25.8 Å². The lowest BCUT2D eigenvalue weighted by atomic mass is 10.1. The van der Waals surface area contributed by atoms with Crippen LogP contribution in [0.2, 0.25) is 0 Å². The van der Waals surface area contributed by atoms with Crippen LogP contribution < -0.4 is 10.2 Å². The van der Waals surface area contributed by atoms with E-state index >= 15 is 0 Å². The lowest BCUT2D eigenvalue weighted by molar-refractivity contribution is 0.617. The molecule has 0 aromatic heterocycles. The van der Waals surface area contributed by atoms with E-state index in [1.807, 2.05) is 7.05 Å². The van der Waals surface area contributed by atoms with Gasteiger partial charge in [-0.15, -0.1) is 0 Å². The third-order valence-electron chi connectivity index (χ3n) is 3.24. The van der Waals surface area contributed by atoms with E-state index in [2.05, 4.69) is 30.1 Å². The Morgan fingerprint density at radius 1 is 1.11 bits per heavy atom. The average Bonchev–Trinajstić information content (AvgIpc) is 2.38. The van der Waals surface area contributed by atoms with Crippen LogP contribution in [0, 0.1) is 5.82 Å². The third-order valence-corrected chi connectivity index (χ3v) is 3.24. The lowest BCUT2D eigenvalue weighted by Gasteiger charge is -2.20. The van der Waals surface area contributed by atoms with E-state index in [-0.39, 0.29) is 5.82 Å². The van der Waals surface area contributed by atoms with Crippen LogP contribution >= 0.6 is 0 Å². The molecule has 1 aromatic carbocycles. The number of unbranched alkanes of at least 4 members (excludes halogenated alkanes) is 2. The van der Waals surface area contributed by atoms with Gasteiger partial charge in [0.25, 0.3) is 0 Å². The summed E-state index contributed by atoms with van der Waals surface area (Å²) in [6.45, 7) is 7.02. The van der Waals surface area contributed by atoms with Gasteiger partial charge in [0.05, 0.1) is 0 Å². The van der Waals surface area contributed by atoms with Crippen molar-refractivity contribution in [3.8, 4) is 0 Å². The van der Waals surface area contributed by atoms with Crippen LogP contribution in [0.15, 0.2) is 18.2 Å². The molecular formula is C16H27FN2. The van der Waals surface area contributed by atoms with Crippen molar-refractivity contribution in [1.82, 2.24) is 5.32 Å². The van der Waals surface area contributed by atoms with Crippen LogP contribution in [0.4, 0.5) is 10.1 Å². The summed E-state index contributed by atoms with van der Waals surface area (Å²) in [5.41, 5.74) is 2.00. The van der Waals surface area contributed by atoms with Crippen molar-refractivity contribution in [3.63, 3.8) is 0 Å². The summed E-state index contributed by atoms with van der Waals surface area (Å²) in [6, 6.07) is 5.32. The second kappa shape index (κ2) is 8.92. The molecule has 0 aliphatic heterocycles. The Labute approximate surface area is 117 Å². The number of anilines is 1. The molecule has 0 aliphatic rings. The first-order valence-electron chi connectivity index (χ1n) is 7.38. The van der Waals surface area contributed by atoms with Crippen molar-refractivity contribution < 1.29 is 4.39 Å². The molecule has 0 saturated carbocycles. The highest BCUT2D eigenvalue weighted by atomic mass is 19.1. The Bertz CT molecular complexity index is 366. The second-order valence-corrected chi connectivity index (χ2v) is 5.12. The van der Waals surface area contributed by atoms with Gasteiger partial charge < -0.3 is 10.2 Å². The molecule has 1 rings (SSSR count). The SMILES string of the molecule is CCCCCN(C)c1cc(F)cc(CNCCC)c1. The molecule has 0 spiro atoms. The number of benzene rings is 1. The number of nitrogens with one attached hydrogen (secondary N) is 1. The number of rotatable bonds is 9. The fourth-order valence-electron chi connectivity index (χ4n) is 2.09. The summed E-state index contributed by atoms with van der Waals surface area (Å²) in [5.74, 6) is -0.145. The van der Waals surface area contributed by atoms with Gasteiger partial charge in [-0.05, 0) is 43.1 Å². The van der Waals surface area contributed by atoms with Gasteiger partial charge >= 0.3 is 0 Å². The maximum absolute atomic E-state index is 13.6. The number of halogens is 1. The Balaban J connectivity index is 2.61. The predicted octanol–water partition coefficient (Wildman–Crippen LogP) is 3.95. The first kappa shape index (κ1) is 16.0. The molecule has 108 valence electrons. The van der Waals surface area contributed by atoms with E-state index < -0.39 is 0 Å². The molecule has 0 saturated heterocycles. The quantitative estimate of drug-likeness (QED) is 0.681. The van der Waals surface area contributed by atoms with E-state index in [9.17, 15) is 4.39 Å². The van der Waals surface area contributed by atoms with Crippen LogP contribution in [0.1, 0.15) is 45.1 Å².